The number of imidazole rings is 2. The Balaban J connectivity index is 0.000000789. The molecule has 0 aromatic carbocycles. The summed E-state index contributed by atoms with van der Waals surface area (Å²) < 4.78 is 11.7. The summed E-state index contributed by atoms with van der Waals surface area (Å²) >= 11 is 6.68. The molecule has 4 rings (SSSR count). The maximum Gasteiger partial charge on any atom is 0.443 e. The Morgan fingerprint density at radius 1 is 0.844 bits per heavy atom. The first-order chi connectivity index (χ1) is 21.2. The van der Waals surface area contributed by atoms with Crippen molar-refractivity contribution in [2.24, 2.45) is 11.8 Å². The van der Waals surface area contributed by atoms with Gasteiger partial charge in [-0.2, -0.15) is 0 Å². The molecule has 0 spiro atoms. The first-order valence-corrected chi connectivity index (χ1v) is 16.9. The minimum absolute atomic E-state index is 0.332. The number of carbonyl (C=O) groups is 3. The number of likely N-dealkylation sites (tertiary alicyclic amines) is 2. The Kier molecular flexibility index (Phi) is 15.8. The van der Waals surface area contributed by atoms with E-state index in [4.69, 9.17) is 14.3 Å². The highest BCUT2D eigenvalue weighted by Crippen LogP contribution is 2.34. The van der Waals surface area contributed by atoms with Crippen molar-refractivity contribution < 1.29 is 28.7 Å². The van der Waals surface area contributed by atoms with Gasteiger partial charge in [-0.1, -0.05) is 41.5 Å². The number of nitrogens with one attached hydrogen (secondary N) is 2. The number of halogens is 2. The van der Waals surface area contributed by atoms with Crippen LogP contribution in [0.25, 0.3) is 0 Å². The van der Waals surface area contributed by atoms with Crippen molar-refractivity contribution in [2.45, 2.75) is 98.4 Å². The molecule has 45 heavy (non-hydrogen) atoms. The molecule has 3 amide bonds. The Labute approximate surface area is 283 Å². The second-order valence-electron chi connectivity index (χ2n) is 12.3. The van der Waals surface area contributed by atoms with Crippen LogP contribution >= 0.6 is 31.9 Å². The Hall–Kier alpha value is -2.65. The number of carbonyl (C=O) groups excluding carboxylic acids is 3. The van der Waals surface area contributed by atoms with E-state index in [2.05, 4.69) is 93.3 Å². The van der Waals surface area contributed by atoms with E-state index in [1.54, 1.807) is 24.2 Å². The third-order valence-corrected chi connectivity index (χ3v) is 7.44. The first kappa shape index (κ1) is 38.5. The summed E-state index contributed by atoms with van der Waals surface area (Å²) in [6, 6.07) is -1.99. The zero-order chi connectivity index (χ0) is 33.8. The summed E-state index contributed by atoms with van der Waals surface area (Å²) in [6.45, 7) is 15.5. The molecule has 2 aromatic heterocycles. The molecule has 0 aliphatic carbocycles. The van der Waals surface area contributed by atoms with Crippen LogP contribution in [0.1, 0.15) is 97.9 Å². The molecule has 2 saturated heterocycles. The number of hydrogen-bond donors (Lipinski definition) is 2. The van der Waals surface area contributed by atoms with E-state index in [0.717, 1.165) is 31.8 Å². The maximum absolute atomic E-state index is 13.9. The highest BCUT2D eigenvalue weighted by Gasteiger charge is 2.46. The van der Waals surface area contributed by atoms with Crippen LogP contribution in [-0.4, -0.2) is 92.3 Å². The minimum Gasteiger partial charge on any atom is -0.451 e. The third kappa shape index (κ3) is 11.3. The van der Waals surface area contributed by atoms with Gasteiger partial charge in [0.25, 0.3) is 5.91 Å². The molecular formula is C30H49Br2N7O6. The average molecular weight is 764 g/mol. The van der Waals surface area contributed by atoms with Gasteiger partial charge in [0.1, 0.15) is 20.9 Å². The Bertz CT molecular complexity index is 1210. The number of methoxy groups -OCH3 is 2. The molecule has 2 aliphatic heterocycles. The van der Waals surface area contributed by atoms with Gasteiger partial charge >= 0.3 is 12.2 Å². The van der Waals surface area contributed by atoms with Crippen molar-refractivity contribution >= 4 is 50.0 Å². The summed E-state index contributed by atoms with van der Waals surface area (Å²) in [5.41, 5.74) is 0. The van der Waals surface area contributed by atoms with Crippen molar-refractivity contribution in [1.82, 2.24) is 34.8 Å². The lowest BCUT2D eigenvalue weighted by molar-refractivity contribution is -0.172. The van der Waals surface area contributed by atoms with E-state index in [0.29, 0.717) is 51.8 Å². The molecular weight excluding hydrogens is 714 g/mol. The molecule has 15 heteroatoms. The van der Waals surface area contributed by atoms with E-state index in [9.17, 15) is 14.4 Å². The van der Waals surface area contributed by atoms with Crippen molar-refractivity contribution in [3.63, 3.8) is 0 Å². The molecule has 0 unspecified atom stereocenters. The topological polar surface area (TPSA) is 146 Å². The molecule has 4 heterocycles. The molecule has 0 bridgehead atoms. The molecule has 4 atom stereocenters. The predicted octanol–water partition coefficient (Wildman–Crippen LogP) is 7.01. The number of hydroxylamine groups is 2. The van der Waals surface area contributed by atoms with Crippen LogP contribution in [0.15, 0.2) is 21.6 Å². The molecule has 2 fully saturated rings. The fourth-order valence-corrected chi connectivity index (χ4v) is 5.38. The number of nitrogens with zero attached hydrogens (tertiary/aromatic N) is 5. The van der Waals surface area contributed by atoms with Crippen LogP contribution in [0.4, 0.5) is 9.59 Å². The fourth-order valence-electron chi connectivity index (χ4n) is 4.77. The van der Waals surface area contributed by atoms with E-state index < -0.39 is 30.2 Å². The summed E-state index contributed by atoms with van der Waals surface area (Å²) in [5, 5.41) is 0.680. The lowest BCUT2D eigenvalue weighted by Crippen LogP contribution is -2.57. The zero-order valence-electron chi connectivity index (χ0n) is 27.8. The predicted molar refractivity (Wildman–Crippen MR) is 177 cm³/mol. The van der Waals surface area contributed by atoms with E-state index in [1.165, 1.54) is 12.0 Å². The second kappa shape index (κ2) is 18.5. The third-order valence-electron chi connectivity index (χ3n) is 6.64. The van der Waals surface area contributed by atoms with Gasteiger partial charge in [0, 0.05) is 20.2 Å². The lowest BCUT2D eigenvalue weighted by atomic mass is 10.1. The summed E-state index contributed by atoms with van der Waals surface area (Å²) in [6.07, 6.45) is 3.44. The van der Waals surface area contributed by atoms with Crippen LogP contribution in [0, 0.1) is 11.8 Å². The van der Waals surface area contributed by atoms with Crippen LogP contribution in [0.5, 0.6) is 0 Å². The average Bonchev–Trinajstić information content (AvgIpc) is 3.78. The van der Waals surface area contributed by atoms with Gasteiger partial charge in [0.15, 0.2) is 6.04 Å². The molecule has 13 nitrogen and oxygen atoms in total. The molecule has 0 saturated carbocycles. The van der Waals surface area contributed by atoms with E-state index in [-0.39, 0.29) is 12.1 Å². The number of hydrogen-bond acceptors (Lipinski definition) is 8. The Morgan fingerprint density at radius 3 is 1.69 bits per heavy atom. The summed E-state index contributed by atoms with van der Waals surface area (Å²) in [5.74, 6) is 2.43. The summed E-state index contributed by atoms with van der Waals surface area (Å²) in [4.78, 5) is 63.6. The van der Waals surface area contributed by atoms with Gasteiger partial charge in [-0.25, -0.2) is 19.6 Å². The molecule has 254 valence electrons. The number of ether oxygens (including phenoxy) is 2. The van der Waals surface area contributed by atoms with E-state index >= 15 is 0 Å². The van der Waals surface area contributed by atoms with Crippen molar-refractivity contribution in [2.75, 3.05) is 27.3 Å². The van der Waals surface area contributed by atoms with E-state index in [1.807, 2.05) is 0 Å². The quantitative estimate of drug-likeness (QED) is 0.299. The normalized spacial score (nSPS) is 19.0. The fraction of sp³-hybridized carbons (Fsp3) is 0.700. The van der Waals surface area contributed by atoms with Crippen LogP contribution < -0.4 is 0 Å². The van der Waals surface area contributed by atoms with Crippen molar-refractivity contribution in [1.29, 1.82) is 0 Å². The maximum atomic E-state index is 13.9. The van der Waals surface area contributed by atoms with Crippen LogP contribution in [0.3, 0.4) is 0 Å². The summed E-state index contributed by atoms with van der Waals surface area (Å²) in [7, 11) is 2.57. The SMILES string of the molecule is CC(C)C.CC(C)C.COC(=O)N(OC(=O)N1CCC[C@H]1c1ncc(Br)[nH]1)[C@H](C(=O)N1CCC[C@H]1c1ncc(Br)[nH]1)[C@H](C)OC. The zero-order valence-corrected chi connectivity index (χ0v) is 31.0. The number of aromatic nitrogens is 4. The number of amides is 3. The monoisotopic (exact) mass is 761 g/mol. The van der Waals surface area contributed by atoms with Crippen molar-refractivity contribution in [3.05, 3.63) is 33.2 Å². The number of H-pyrrole nitrogens is 2. The smallest absolute Gasteiger partial charge is 0.443 e. The number of aromatic amines is 2. The minimum atomic E-state index is -1.29. The van der Waals surface area contributed by atoms with Gasteiger partial charge in [-0.3, -0.25) is 9.69 Å². The largest absolute Gasteiger partial charge is 0.451 e. The van der Waals surface area contributed by atoms with Gasteiger partial charge in [0.05, 0.1) is 37.7 Å². The van der Waals surface area contributed by atoms with Gasteiger partial charge < -0.3 is 29.2 Å². The number of rotatable bonds is 6. The van der Waals surface area contributed by atoms with Crippen molar-refractivity contribution in [3.8, 4) is 0 Å². The Morgan fingerprint density at radius 2 is 1.29 bits per heavy atom. The van der Waals surface area contributed by atoms with Gasteiger partial charge in [0.2, 0.25) is 0 Å². The highest BCUT2D eigenvalue weighted by molar-refractivity contribution is 9.10. The van der Waals surface area contributed by atoms with Crippen LogP contribution in [0.2, 0.25) is 0 Å². The lowest BCUT2D eigenvalue weighted by Gasteiger charge is -2.36. The van der Waals surface area contributed by atoms with Gasteiger partial charge in [-0.05, 0) is 76.3 Å². The standard InChI is InChI=1S/C22H29Br2N7O6.2C4H10/c1-12(35-2)17(20(32)29-8-4-6-13(29)18-25-10-15(23)27-18)31(22(34)36-3)37-21(33)30-9-5-7-14(30)19-26-11-16(24)28-19;2*1-4(2)3/h10-14,17H,4-9H2,1-3H3,(H,25,27)(H,26,28);2*4H,1-3H3/t12-,13-,14-,17-;;/m0../s1. The second-order valence-corrected chi connectivity index (χ2v) is 14.0. The molecule has 0 radical (unpaired) electrons. The molecule has 2 aliphatic rings. The molecule has 2 N–H and O–H groups in total. The molecule has 2 aromatic rings. The first-order valence-electron chi connectivity index (χ1n) is 15.3. The van der Waals surface area contributed by atoms with Gasteiger partial charge in [-0.15, -0.1) is 5.06 Å². The van der Waals surface area contributed by atoms with Crippen LogP contribution in [-0.2, 0) is 19.1 Å². The highest BCUT2D eigenvalue weighted by atomic mass is 79.9.